The lowest BCUT2D eigenvalue weighted by atomic mass is 10.3. The van der Waals surface area contributed by atoms with Crippen LogP contribution in [-0.2, 0) is 9.59 Å². The van der Waals surface area contributed by atoms with Crippen molar-refractivity contribution in [2.75, 3.05) is 13.7 Å². The fourth-order valence-electron chi connectivity index (χ4n) is 2.11. The quantitative estimate of drug-likeness (QED) is 0.791. The number of carboxylic acid groups (broad SMARTS) is 1. The average molecular weight is 293 g/mol. The first-order chi connectivity index (χ1) is 10.0. The third-order valence-corrected chi connectivity index (χ3v) is 3.41. The Morgan fingerprint density at radius 1 is 1.33 bits per heavy atom. The van der Waals surface area contributed by atoms with Crippen LogP contribution in [0.1, 0.15) is 13.3 Å². The van der Waals surface area contributed by atoms with Crippen LogP contribution in [0.25, 0.3) is 0 Å². The molecule has 1 amide bonds. The molecule has 1 aliphatic rings. The van der Waals surface area contributed by atoms with Crippen molar-refractivity contribution in [3.8, 4) is 11.5 Å². The Morgan fingerprint density at radius 3 is 2.57 bits per heavy atom. The predicted molar refractivity (Wildman–Crippen MR) is 75.3 cm³/mol. The van der Waals surface area contributed by atoms with Crippen molar-refractivity contribution >= 4 is 11.9 Å². The monoisotopic (exact) mass is 293 g/mol. The van der Waals surface area contributed by atoms with Crippen molar-refractivity contribution in [3.05, 3.63) is 24.3 Å². The molecule has 1 aliphatic carbocycles. The molecule has 0 heterocycles. The molecule has 0 bridgehead atoms. The topological polar surface area (TPSA) is 84.9 Å². The molecule has 1 aromatic carbocycles. The van der Waals surface area contributed by atoms with Gasteiger partial charge >= 0.3 is 5.97 Å². The zero-order valence-corrected chi connectivity index (χ0v) is 12.0. The number of carbonyl (C=O) groups is 2. The summed E-state index contributed by atoms with van der Waals surface area (Å²) in [7, 11) is 1.56. The highest BCUT2D eigenvalue weighted by molar-refractivity contribution is 5.89. The van der Waals surface area contributed by atoms with Gasteiger partial charge in [-0.1, -0.05) is 12.1 Å². The number of aliphatic carboxylic acids is 1. The molecule has 0 aromatic heterocycles. The Bertz CT molecular complexity index is 531. The minimum atomic E-state index is -0.909. The van der Waals surface area contributed by atoms with Crippen LogP contribution in [-0.4, -0.2) is 36.7 Å². The molecule has 6 heteroatoms. The van der Waals surface area contributed by atoms with E-state index >= 15 is 0 Å². The van der Waals surface area contributed by atoms with Gasteiger partial charge in [0.15, 0.2) is 11.5 Å². The van der Waals surface area contributed by atoms with Gasteiger partial charge in [-0.15, -0.1) is 0 Å². The molecule has 1 aromatic rings. The van der Waals surface area contributed by atoms with Gasteiger partial charge in [-0.3, -0.25) is 9.59 Å². The molecule has 3 atom stereocenters. The Balaban J connectivity index is 1.79. The lowest BCUT2D eigenvalue weighted by molar-refractivity contribution is -0.140. The molecule has 114 valence electrons. The van der Waals surface area contributed by atoms with E-state index in [0.717, 1.165) is 0 Å². The van der Waals surface area contributed by atoms with Gasteiger partial charge in [-0.25, -0.2) is 0 Å². The summed E-state index contributed by atoms with van der Waals surface area (Å²) in [6.07, 6.45) is 0.176. The first-order valence-electron chi connectivity index (χ1n) is 6.83. The van der Waals surface area contributed by atoms with E-state index < -0.39 is 17.8 Å². The summed E-state index contributed by atoms with van der Waals surface area (Å²) in [5, 5.41) is 11.5. The first kappa shape index (κ1) is 15.2. The molecule has 6 nitrogen and oxygen atoms in total. The number of ether oxygens (including phenoxy) is 2. The van der Waals surface area contributed by atoms with Gasteiger partial charge < -0.3 is 19.9 Å². The van der Waals surface area contributed by atoms with E-state index in [0.29, 0.717) is 24.5 Å². The molecule has 0 saturated heterocycles. The predicted octanol–water partition coefficient (Wildman–Crippen LogP) is 1.30. The number of carbonyl (C=O) groups excluding carboxylic acids is 1. The van der Waals surface area contributed by atoms with E-state index in [1.165, 1.54) is 0 Å². The largest absolute Gasteiger partial charge is 0.493 e. The molecule has 2 N–H and O–H groups in total. The molecular weight excluding hydrogens is 274 g/mol. The Hall–Kier alpha value is -2.24. The Labute approximate surface area is 123 Å². The van der Waals surface area contributed by atoms with Crippen molar-refractivity contribution in [2.24, 2.45) is 11.8 Å². The summed E-state index contributed by atoms with van der Waals surface area (Å²) in [5.41, 5.74) is 0. The molecule has 0 spiro atoms. The van der Waals surface area contributed by atoms with E-state index in [-0.39, 0.29) is 12.0 Å². The number of hydrogen-bond donors (Lipinski definition) is 2. The molecule has 0 radical (unpaired) electrons. The van der Waals surface area contributed by atoms with Crippen LogP contribution in [0.2, 0.25) is 0 Å². The van der Waals surface area contributed by atoms with Crippen molar-refractivity contribution in [1.29, 1.82) is 0 Å². The van der Waals surface area contributed by atoms with Gasteiger partial charge in [-0.05, 0) is 25.5 Å². The summed E-state index contributed by atoms with van der Waals surface area (Å²) >= 11 is 0. The maximum Gasteiger partial charge on any atom is 0.307 e. The Morgan fingerprint density at radius 2 is 2.00 bits per heavy atom. The second-order valence-corrected chi connectivity index (χ2v) is 5.11. The molecular formula is C15H19NO5. The van der Waals surface area contributed by atoms with Crippen molar-refractivity contribution in [2.45, 2.75) is 19.4 Å². The normalized spacial score (nSPS) is 21.2. The highest BCUT2D eigenvalue weighted by Gasteiger charge is 2.48. The van der Waals surface area contributed by atoms with Gasteiger partial charge in [0.05, 0.1) is 25.5 Å². The summed E-state index contributed by atoms with van der Waals surface area (Å²) in [5.74, 6) is -0.830. The van der Waals surface area contributed by atoms with Crippen LogP contribution >= 0.6 is 0 Å². The smallest absolute Gasteiger partial charge is 0.307 e. The van der Waals surface area contributed by atoms with Crippen molar-refractivity contribution < 1.29 is 24.2 Å². The number of methoxy groups -OCH3 is 1. The number of rotatable bonds is 7. The first-order valence-corrected chi connectivity index (χ1v) is 6.83. The van der Waals surface area contributed by atoms with Gasteiger partial charge in [0.1, 0.15) is 6.10 Å². The second-order valence-electron chi connectivity index (χ2n) is 5.11. The van der Waals surface area contributed by atoms with Crippen molar-refractivity contribution in [3.63, 3.8) is 0 Å². The van der Waals surface area contributed by atoms with E-state index in [1.807, 2.05) is 19.1 Å². The van der Waals surface area contributed by atoms with Gasteiger partial charge in [0.25, 0.3) is 0 Å². The van der Waals surface area contributed by atoms with Crippen LogP contribution in [0.15, 0.2) is 24.3 Å². The second kappa shape index (κ2) is 6.47. The maximum atomic E-state index is 11.7. The molecule has 2 rings (SSSR count). The molecule has 21 heavy (non-hydrogen) atoms. The number of para-hydroxylation sites is 2. The van der Waals surface area contributed by atoms with Gasteiger partial charge in [0, 0.05) is 0 Å². The zero-order valence-electron chi connectivity index (χ0n) is 12.0. The Kier molecular flexibility index (Phi) is 4.67. The summed E-state index contributed by atoms with van der Waals surface area (Å²) in [6.45, 7) is 2.15. The third kappa shape index (κ3) is 3.87. The van der Waals surface area contributed by atoms with E-state index in [1.54, 1.807) is 19.2 Å². The summed E-state index contributed by atoms with van der Waals surface area (Å²) in [6, 6.07) is 7.27. The number of hydrogen-bond acceptors (Lipinski definition) is 4. The zero-order chi connectivity index (χ0) is 15.4. The average Bonchev–Trinajstić information content (AvgIpc) is 3.26. The molecule has 1 fully saturated rings. The van der Waals surface area contributed by atoms with Crippen LogP contribution in [0.5, 0.6) is 11.5 Å². The fourth-order valence-corrected chi connectivity index (χ4v) is 2.11. The van der Waals surface area contributed by atoms with E-state index in [4.69, 9.17) is 14.6 Å². The highest BCUT2D eigenvalue weighted by atomic mass is 16.5. The van der Waals surface area contributed by atoms with Gasteiger partial charge in [-0.2, -0.15) is 0 Å². The van der Waals surface area contributed by atoms with Crippen LogP contribution < -0.4 is 14.8 Å². The van der Waals surface area contributed by atoms with Gasteiger partial charge in [0.2, 0.25) is 5.91 Å². The van der Waals surface area contributed by atoms with E-state index in [9.17, 15) is 9.59 Å². The molecule has 1 saturated carbocycles. The molecule has 0 aliphatic heterocycles. The number of carboxylic acids is 1. The lowest BCUT2D eigenvalue weighted by Crippen LogP contribution is -2.35. The number of benzene rings is 1. The lowest BCUT2D eigenvalue weighted by Gasteiger charge is -2.17. The number of nitrogens with one attached hydrogen (secondary N) is 1. The van der Waals surface area contributed by atoms with Crippen LogP contribution in [0, 0.1) is 11.8 Å². The molecule has 0 unspecified atom stereocenters. The minimum absolute atomic E-state index is 0.224. The minimum Gasteiger partial charge on any atom is -0.493 e. The van der Waals surface area contributed by atoms with Crippen LogP contribution in [0.4, 0.5) is 0 Å². The van der Waals surface area contributed by atoms with Crippen LogP contribution in [0.3, 0.4) is 0 Å². The van der Waals surface area contributed by atoms with Crippen molar-refractivity contribution in [1.82, 2.24) is 5.32 Å². The van der Waals surface area contributed by atoms with E-state index in [2.05, 4.69) is 5.32 Å². The standard InChI is InChI=1S/C15H19NO5/c1-9(21-13-6-4-3-5-12(13)20-2)8-16-14(17)10-7-11(10)15(18)19/h3-6,9-11H,7-8H2,1-2H3,(H,16,17)(H,18,19)/t9-,10-,11+/m1/s1. The fraction of sp³-hybridized carbons (Fsp3) is 0.467. The maximum absolute atomic E-state index is 11.7. The third-order valence-electron chi connectivity index (χ3n) is 3.41. The highest BCUT2D eigenvalue weighted by Crippen LogP contribution is 2.38. The SMILES string of the molecule is COc1ccccc1O[C@H](C)CNC(=O)[C@@H]1C[C@@H]1C(=O)O. The number of amides is 1. The summed E-state index contributed by atoms with van der Waals surface area (Å²) in [4.78, 5) is 22.5. The summed E-state index contributed by atoms with van der Waals surface area (Å²) < 4.78 is 10.9.